The molecule has 3 nitrogen and oxygen atoms in total. The molecule has 0 amide bonds. The largest absolute Gasteiger partial charge is 0.336 e. The zero-order valence-electron chi connectivity index (χ0n) is 7.57. The molecule has 0 radical (unpaired) electrons. The summed E-state index contributed by atoms with van der Waals surface area (Å²) < 4.78 is 0.767. The van der Waals surface area contributed by atoms with Crippen molar-refractivity contribution >= 4 is 34.0 Å². The lowest BCUT2D eigenvalue weighted by atomic mass is 10.4. The highest BCUT2D eigenvalue weighted by molar-refractivity contribution is 7.19. The fraction of sp³-hybridized carbons (Fsp3) is 0. The van der Waals surface area contributed by atoms with E-state index in [1.165, 1.54) is 11.3 Å². The first-order valence-corrected chi connectivity index (χ1v) is 5.58. The topological polar surface area (TPSA) is 41.6 Å². The Morgan fingerprint density at radius 3 is 2.93 bits per heavy atom. The highest BCUT2D eigenvalue weighted by Crippen LogP contribution is 2.30. The second kappa shape index (κ2) is 3.32. The van der Waals surface area contributed by atoms with Crippen molar-refractivity contribution in [1.29, 1.82) is 0 Å². The van der Waals surface area contributed by atoms with Gasteiger partial charge in [0.15, 0.2) is 0 Å². The first kappa shape index (κ1) is 8.88. The van der Waals surface area contributed by atoms with Crippen LogP contribution in [0, 0.1) is 0 Å². The highest BCUT2D eigenvalue weighted by atomic mass is 35.5. The number of imidazole rings is 1. The number of fused-ring (bicyclic) bond motifs is 1. The number of aromatic nitrogens is 3. The molecule has 0 unspecified atom stereocenters. The Labute approximate surface area is 94.8 Å². The van der Waals surface area contributed by atoms with Crippen LogP contribution in [0.3, 0.4) is 0 Å². The van der Waals surface area contributed by atoms with Crippen LogP contribution >= 0.6 is 22.9 Å². The summed E-state index contributed by atoms with van der Waals surface area (Å²) in [7, 11) is 0. The number of halogens is 1. The maximum atomic E-state index is 5.87. The van der Waals surface area contributed by atoms with Crippen molar-refractivity contribution in [1.82, 2.24) is 15.0 Å². The van der Waals surface area contributed by atoms with E-state index in [0.29, 0.717) is 0 Å². The number of nitrogens with zero attached hydrogens (tertiary/aromatic N) is 2. The number of pyridine rings is 1. The van der Waals surface area contributed by atoms with Crippen LogP contribution in [-0.2, 0) is 0 Å². The van der Waals surface area contributed by atoms with E-state index in [2.05, 4.69) is 15.0 Å². The highest BCUT2D eigenvalue weighted by Gasteiger charge is 2.06. The van der Waals surface area contributed by atoms with E-state index in [-0.39, 0.29) is 0 Å². The summed E-state index contributed by atoms with van der Waals surface area (Å²) in [5, 5.41) is 0. The Balaban J connectivity index is 2.19. The molecule has 3 aromatic heterocycles. The van der Waals surface area contributed by atoms with Gasteiger partial charge in [0.2, 0.25) is 0 Å². The third-order valence-electron chi connectivity index (χ3n) is 2.09. The number of hydrogen-bond acceptors (Lipinski definition) is 3. The molecule has 3 rings (SSSR count). The molecular formula is C10H6ClN3S. The van der Waals surface area contributed by atoms with Crippen LogP contribution in [-0.4, -0.2) is 15.0 Å². The normalized spacial score (nSPS) is 11.0. The molecule has 15 heavy (non-hydrogen) atoms. The molecule has 0 fully saturated rings. The standard InChI is InChI=1S/C10H6ClN3S/c11-9-2-1-8(15-9)10-13-6-3-4-12-5-7(6)14-10/h1-5H,(H,13,14). The van der Waals surface area contributed by atoms with E-state index < -0.39 is 0 Å². The molecule has 0 spiro atoms. The first-order chi connectivity index (χ1) is 7.33. The minimum atomic E-state index is 0.767. The second-order valence-corrected chi connectivity index (χ2v) is 4.80. The Kier molecular flexibility index (Phi) is 1.97. The summed E-state index contributed by atoms with van der Waals surface area (Å²) in [5.41, 5.74) is 1.86. The monoisotopic (exact) mass is 235 g/mol. The SMILES string of the molecule is Clc1ccc(-c2nc3ccncc3[nH]2)s1. The van der Waals surface area contributed by atoms with Crippen molar-refractivity contribution in [3.63, 3.8) is 0 Å². The van der Waals surface area contributed by atoms with Crippen LogP contribution in [0.2, 0.25) is 4.34 Å². The van der Waals surface area contributed by atoms with Crippen molar-refractivity contribution in [2.45, 2.75) is 0 Å². The second-order valence-electron chi connectivity index (χ2n) is 3.08. The summed E-state index contributed by atoms with van der Waals surface area (Å²) in [4.78, 5) is 12.7. The summed E-state index contributed by atoms with van der Waals surface area (Å²) in [6, 6.07) is 5.70. The summed E-state index contributed by atoms with van der Waals surface area (Å²) in [6.07, 6.45) is 3.50. The van der Waals surface area contributed by atoms with Gasteiger partial charge in [0, 0.05) is 6.20 Å². The minimum absolute atomic E-state index is 0.767. The number of H-pyrrole nitrogens is 1. The van der Waals surface area contributed by atoms with Crippen molar-refractivity contribution < 1.29 is 0 Å². The Morgan fingerprint density at radius 1 is 1.27 bits per heavy atom. The molecule has 0 aliphatic carbocycles. The fourth-order valence-electron chi connectivity index (χ4n) is 1.42. The summed E-state index contributed by atoms with van der Waals surface area (Å²) in [5.74, 6) is 0.843. The van der Waals surface area contributed by atoms with E-state index >= 15 is 0 Å². The Hall–Kier alpha value is -1.39. The summed E-state index contributed by atoms with van der Waals surface area (Å²) in [6.45, 7) is 0. The first-order valence-electron chi connectivity index (χ1n) is 4.38. The smallest absolute Gasteiger partial charge is 0.148 e. The minimum Gasteiger partial charge on any atom is -0.336 e. The van der Waals surface area contributed by atoms with Gasteiger partial charge in [-0.2, -0.15) is 0 Å². The van der Waals surface area contributed by atoms with Gasteiger partial charge < -0.3 is 4.98 Å². The molecule has 5 heteroatoms. The number of thiophene rings is 1. The number of hydrogen-bond donors (Lipinski definition) is 1. The van der Waals surface area contributed by atoms with E-state index in [1.807, 2.05) is 18.2 Å². The van der Waals surface area contributed by atoms with Gasteiger partial charge in [-0.3, -0.25) is 4.98 Å². The number of aromatic amines is 1. The van der Waals surface area contributed by atoms with Gasteiger partial charge in [0.25, 0.3) is 0 Å². The third kappa shape index (κ3) is 1.52. The molecule has 3 heterocycles. The predicted molar refractivity (Wildman–Crippen MR) is 62.2 cm³/mol. The molecule has 1 N–H and O–H groups in total. The summed E-state index contributed by atoms with van der Waals surface area (Å²) >= 11 is 7.38. The molecule has 0 atom stereocenters. The van der Waals surface area contributed by atoms with Crippen molar-refractivity contribution in [2.75, 3.05) is 0 Å². The molecule has 0 saturated carbocycles. The van der Waals surface area contributed by atoms with Crippen LogP contribution in [0.4, 0.5) is 0 Å². The van der Waals surface area contributed by atoms with E-state index in [0.717, 1.165) is 26.1 Å². The lowest BCUT2D eigenvalue weighted by Gasteiger charge is -1.86. The van der Waals surface area contributed by atoms with Gasteiger partial charge >= 0.3 is 0 Å². The molecule has 0 aliphatic heterocycles. The average molecular weight is 236 g/mol. The van der Waals surface area contributed by atoms with Gasteiger partial charge in [-0.1, -0.05) is 11.6 Å². The number of rotatable bonds is 1. The van der Waals surface area contributed by atoms with E-state index in [1.54, 1.807) is 12.4 Å². The van der Waals surface area contributed by atoms with Gasteiger partial charge in [0.05, 0.1) is 26.4 Å². The molecule has 0 bridgehead atoms. The number of nitrogens with one attached hydrogen (secondary N) is 1. The van der Waals surface area contributed by atoms with Gasteiger partial charge in [-0.25, -0.2) is 4.98 Å². The Morgan fingerprint density at radius 2 is 2.20 bits per heavy atom. The van der Waals surface area contributed by atoms with E-state index in [4.69, 9.17) is 11.6 Å². The molecule has 74 valence electrons. The molecule has 0 saturated heterocycles. The third-order valence-corrected chi connectivity index (χ3v) is 3.33. The average Bonchev–Trinajstić information content (AvgIpc) is 2.82. The maximum absolute atomic E-state index is 5.87. The lowest BCUT2D eigenvalue weighted by Crippen LogP contribution is -1.72. The van der Waals surface area contributed by atoms with E-state index in [9.17, 15) is 0 Å². The predicted octanol–water partition coefficient (Wildman–Crippen LogP) is 3.34. The zero-order valence-corrected chi connectivity index (χ0v) is 9.14. The van der Waals surface area contributed by atoms with Crippen LogP contribution < -0.4 is 0 Å². The van der Waals surface area contributed by atoms with Crippen molar-refractivity contribution in [3.8, 4) is 10.7 Å². The lowest BCUT2D eigenvalue weighted by molar-refractivity contribution is 1.34. The molecular weight excluding hydrogens is 230 g/mol. The fourth-order valence-corrected chi connectivity index (χ4v) is 2.40. The van der Waals surface area contributed by atoms with Gasteiger partial charge in [-0.15, -0.1) is 11.3 Å². The zero-order chi connectivity index (χ0) is 10.3. The van der Waals surface area contributed by atoms with Crippen LogP contribution in [0.1, 0.15) is 0 Å². The van der Waals surface area contributed by atoms with Gasteiger partial charge in [-0.05, 0) is 18.2 Å². The molecule has 0 aliphatic rings. The molecule has 3 aromatic rings. The molecule has 0 aromatic carbocycles. The van der Waals surface area contributed by atoms with Crippen LogP contribution in [0.5, 0.6) is 0 Å². The maximum Gasteiger partial charge on any atom is 0.148 e. The Bertz CT molecular complexity index is 581. The van der Waals surface area contributed by atoms with Crippen molar-refractivity contribution in [2.24, 2.45) is 0 Å². The van der Waals surface area contributed by atoms with Crippen molar-refractivity contribution in [3.05, 3.63) is 34.9 Å². The quantitative estimate of drug-likeness (QED) is 0.703. The van der Waals surface area contributed by atoms with Gasteiger partial charge in [0.1, 0.15) is 5.82 Å². The van der Waals surface area contributed by atoms with Crippen LogP contribution in [0.15, 0.2) is 30.6 Å². The van der Waals surface area contributed by atoms with Crippen LogP contribution in [0.25, 0.3) is 21.7 Å².